The number of alkyl halides is 1. The molecule has 1 aromatic rings. The highest BCUT2D eigenvalue weighted by molar-refractivity contribution is 7.09. The van der Waals surface area contributed by atoms with Gasteiger partial charge in [-0.05, 0) is 20.4 Å². The first-order chi connectivity index (χ1) is 6.45. The second-order valence-corrected chi connectivity index (χ2v) is 4.57. The van der Waals surface area contributed by atoms with Crippen molar-refractivity contribution in [2.75, 3.05) is 6.54 Å². The molecule has 0 saturated heterocycles. The molecule has 0 spiro atoms. The number of aliphatic hydroxyl groups is 1. The van der Waals surface area contributed by atoms with Gasteiger partial charge in [0.2, 0.25) is 0 Å². The predicted octanol–water partition coefficient (Wildman–Crippen LogP) is 1.43. The van der Waals surface area contributed by atoms with Gasteiger partial charge in [0.15, 0.2) is 0 Å². The number of hydrogen-bond acceptors (Lipinski definition) is 4. The second kappa shape index (κ2) is 4.33. The number of aliphatic hydroxyl groups excluding tert-OH is 1. The van der Waals surface area contributed by atoms with Crippen molar-refractivity contribution < 1.29 is 9.50 Å². The normalized spacial score (nSPS) is 14.4. The van der Waals surface area contributed by atoms with E-state index in [0.717, 1.165) is 5.69 Å². The SMILES string of the molecule is CC(C)(F)C(O)c1nc(CCN)cs1. The van der Waals surface area contributed by atoms with Gasteiger partial charge in [-0.25, -0.2) is 9.37 Å². The zero-order chi connectivity index (χ0) is 10.8. The summed E-state index contributed by atoms with van der Waals surface area (Å²) in [6.07, 6.45) is -0.491. The quantitative estimate of drug-likeness (QED) is 0.803. The molecule has 1 atom stereocenters. The van der Waals surface area contributed by atoms with E-state index in [1.165, 1.54) is 25.2 Å². The molecule has 14 heavy (non-hydrogen) atoms. The summed E-state index contributed by atoms with van der Waals surface area (Å²) in [6.45, 7) is 3.18. The first-order valence-electron chi connectivity index (χ1n) is 4.46. The molecule has 0 radical (unpaired) electrons. The number of hydrogen-bond donors (Lipinski definition) is 2. The van der Waals surface area contributed by atoms with E-state index < -0.39 is 11.8 Å². The van der Waals surface area contributed by atoms with Gasteiger partial charge in [-0.3, -0.25) is 0 Å². The molecule has 3 N–H and O–H groups in total. The molecule has 0 aromatic carbocycles. The highest BCUT2D eigenvalue weighted by Gasteiger charge is 2.30. The Bertz CT molecular complexity index is 295. The van der Waals surface area contributed by atoms with E-state index in [2.05, 4.69) is 4.98 Å². The van der Waals surface area contributed by atoms with Crippen LogP contribution >= 0.6 is 11.3 Å². The Morgan fingerprint density at radius 1 is 1.71 bits per heavy atom. The van der Waals surface area contributed by atoms with Gasteiger partial charge in [0.25, 0.3) is 0 Å². The Kier molecular flexibility index (Phi) is 3.58. The van der Waals surface area contributed by atoms with E-state index >= 15 is 0 Å². The maximum atomic E-state index is 13.4. The van der Waals surface area contributed by atoms with Crippen molar-refractivity contribution in [1.29, 1.82) is 0 Å². The van der Waals surface area contributed by atoms with Crippen LogP contribution in [0.25, 0.3) is 0 Å². The number of nitrogens with zero attached hydrogens (tertiary/aromatic N) is 1. The fourth-order valence-corrected chi connectivity index (χ4v) is 2.01. The third-order valence-corrected chi connectivity index (χ3v) is 2.80. The lowest BCUT2D eigenvalue weighted by Crippen LogP contribution is -2.23. The predicted molar refractivity (Wildman–Crippen MR) is 55.0 cm³/mol. The first-order valence-corrected chi connectivity index (χ1v) is 5.34. The van der Waals surface area contributed by atoms with E-state index in [1.54, 1.807) is 5.38 Å². The summed E-state index contributed by atoms with van der Waals surface area (Å²) in [7, 11) is 0. The zero-order valence-corrected chi connectivity index (χ0v) is 9.14. The Hall–Kier alpha value is -0.520. The first kappa shape index (κ1) is 11.6. The Balaban J connectivity index is 2.76. The van der Waals surface area contributed by atoms with E-state index in [4.69, 9.17) is 5.73 Å². The summed E-state index contributed by atoms with van der Waals surface area (Å²) >= 11 is 1.27. The summed E-state index contributed by atoms with van der Waals surface area (Å²) < 4.78 is 13.4. The standard InChI is InChI=1S/C9H15FN2OS/c1-9(2,10)7(13)8-12-6(3-4-11)5-14-8/h5,7,13H,3-4,11H2,1-2H3. The molecule has 0 amide bonds. The average molecular weight is 218 g/mol. The molecule has 0 saturated carbocycles. The lowest BCUT2D eigenvalue weighted by Gasteiger charge is -2.19. The van der Waals surface area contributed by atoms with Gasteiger partial charge in [-0.2, -0.15) is 0 Å². The number of aromatic nitrogens is 1. The zero-order valence-electron chi connectivity index (χ0n) is 8.33. The maximum absolute atomic E-state index is 13.4. The van der Waals surface area contributed by atoms with Gasteiger partial charge in [0.1, 0.15) is 16.8 Å². The van der Waals surface area contributed by atoms with Crippen LogP contribution in [0.5, 0.6) is 0 Å². The Morgan fingerprint density at radius 3 is 2.86 bits per heavy atom. The summed E-state index contributed by atoms with van der Waals surface area (Å²) in [4.78, 5) is 4.11. The van der Waals surface area contributed by atoms with Crippen molar-refractivity contribution in [3.8, 4) is 0 Å². The number of thiazole rings is 1. The van der Waals surface area contributed by atoms with Crippen LogP contribution in [-0.2, 0) is 6.42 Å². The van der Waals surface area contributed by atoms with Crippen LogP contribution in [0, 0.1) is 0 Å². The van der Waals surface area contributed by atoms with Crippen LogP contribution in [-0.4, -0.2) is 22.3 Å². The van der Waals surface area contributed by atoms with Crippen molar-refractivity contribution in [2.24, 2.45) is 5.73 Å². The van der Waals surface area contributed by atoms with Crippen molar-refractivity contribution in [1.82, 2.24) is 4.98 Å². The third-order valence-electron chi connectivity index (χ3n) is 1.85. The molecule has 0 aliphatic carbocycles. The molecule has 0 aliphatic rings. The van der Waals surface area contributed by atoms with Crippen LogP contribution in [0.15, 0.2) is 5.38 Å². The molecule has 1 heterocycles. The van der Waals surface area contributed by atoms with Gasteiger partial charge in [0, 0.05) is 11.8 Å². The van der Waals surface area contributed by atoms with Crippen LogP contribution < -0.4 is 5.73 Å². The second-order valence-electron chi connectivity index (χ2n) is 3.68. The van der Waals surface area contributed by atoms with Gasteiger partial charge in [0.05, 0.1) is 5.69 Å². The van der Waals surface area contributed by atoms with E-state index in [-0.39, 0.29) is 0 Å². The summed E-state index contributed by atoms with van der Waals surface area (Å²) in [6, 6.07) is 0. The number of nitrogens with two attached hydrogens (primary N) is 1. The van der Waals surface area contributed by atoms with E-state index in [1.807, 2.05) is 0 Å². The molecule has 1 unspecified atom stereocenters. The third kappa shape index (κ3) is 2.73. The van der Waals surface area contributed by atoms with Gasteiger partial charge in [-0.15, -0.1) is 11.3 Å². The number of rotatable bonds is 4. The van der Waals surface area contributed by atoms with Crippen LogP contribution in [0.3, 0.4) is 0 Å². The molecule has 80 valence electrons. The van der Waals surface area contributed by atoms with Crippen molar-refractivity contribution in [2.45, 2.75) is 32.0 Å². The van der Waals surface area contributed by atoms with Crippen molar-refractivity contribution in [3.63, 3.8) is 0 Å². The molecule has 5 heteroatoms. The van der Waals surface area contributed by atoms with Crippen molar-refractivity contribution >= 4 is 11.3 Å². The molecule has 0 aliphatic heterocycles. The van der Waals surface area contributed by atoms with Gasteiger partial charge < -0.3 is 10.8 Å². The van der Waals surface area contributed by atoms with Gasteiger partial charge in [-0.1, -0.05) is 0 Å². The summed E-state index contributed by atoms with van der Waals surface area (Å²) in [5.41, 5.74) is 4.52. The minimum absolute atomic E-state index is 0.418. The Labute approximate surface area is 86.8 Å². The molecular weight excluding hydrogens is 203 g/mol. The largest absolute Gasteiger partial charge is 0.383 e. The molecule has 0 bridgehead atoms. The van der Waals surface area contributed by atoms with Crippen LogP contribution in [0.2, 0.25) is 0 Å². The Morgan fingerprint density at radius 2 is 2.36 bits per heavy atom. The van der Waals surface area contributed by atoms with E-state index in [9.17, 15) is 9.50 Å². The lowest BCUT2D eigenvalue weighted by molar-refractivity contribution is 0.0159. The highest BCUT2D eigenvalue weighted by Crippen LogP contribution is 2.30. The molecular formula is C9H15FN2OS. The maximum Gasteiger partial charge on any atom is 0.139 e. The molecule has 3 nitrogen and oxygen atoms in total. The molecule has 0 fully saturated rings. The van der Waals surface area contributed by atoms with Crippen molar-refractivity contribution in [3.05, 3.63) is 16.1 Å². The van der Waals surface area contributed by atoms with Crippen LogP contribution in [0.4, 0.5) is 4.39 Å². The monoisotopic (exact) mass is 218 g/mol. The fraction of sp³-hybridized carbons (Fsp3) is 0.667. The van der Waals surface area contributed by atoms with E-state index in [0.29, 0.717) is 18.0 Å². The minimum Gasteiger partial charge on any atom is -0.383 e. The smallest absolute Gasteiger partial charge is 0.139 e. The molecule has 1 rings (SSSR count). The van der Waals surface area contributed by atoms with Crippen LogP contribution in [0.1, 0.15) is 30.7 Å². The topological polar surface area (TPSA) is 59.1 Å². The summed E-state index contributed by atoms with van der Waals surface area (Å²) in [5.74, 6) is 0. The average Bonchev–Trinajstić information content (AvgIpc) is 2.50. The number of halogens is 1. The lowest BCUT2D eigenvalue weighted by atomic mass is 10.1. The minimum atomic E-state index is -1.65. The fourth-order valence-electron chi connectivity index (χ4n) is 1.00. The molecule has 1 aromatic heterocycles. The highest BCUT2D eigenvalue weighted by atomic mass is 32.1. The summed E-state index contributed by atoms with van der Waals surface area (Å²) in [5, 5.41) is 11.8. The van der Waals surface area contributed by atoms with Gasteiger partial charge >= 0.3 is 0 Å².